The molecule has 0 aliphatic heterocycles. The molecular formula is C20H24N4O. The summed E-state index contributed by atoms with van der Waals surface area (Å²) in [6, 6.07) is 8.26. The summed E-state index contributed by atoms with van der Waals surface area (Å²) in [6.45, 7) is 6.93. The van der Waals surface area contributed by atoms with Crippen LogP contribution in [0.3, 0.4) is 0 Å². The third-order valence-electron chi connectivity index (χ3n) is 4.71. The van der Waals surface area contributed by atoms with Crippen molar-refractivity contribution in [2.45, 2.75) is 40.2 Å². The zero-order chi connectivity index (χ0) is 18.0. The van der Waals surface area contributed by atoms with Gasteiger partial charge in [0.05, 0.1) is 11.9 Å². The van der Waals surface area contributed by atoms with Crippen molar-refractivity contribution in [3.05, 3.63) is 65.0 Å². The molecule has 0 aliphatic carbocycles. The molecule has 1 aromatic carbocycles. The van der Waals surface area contributed by atoms with Crippen LogP contribution in [0.2, 0.25) is 0 Å². The molecule has 0 unspecified atom stereocenters. The summed E-state index contributed by atoms with van der Waals surface area (Å²) in [5, 5.41) is 0. The fourth-order valence-corrected chi connectivity index (χ4v) is 3.45. The molecule has 0 radical (unpaired) electrons. The fourth-order valence-electron chi connectivity index (χ4n) is 3.45. The number of H-pyrrole nitrogens is 1. The van der Waals surface area contributed by atoms with Crippen LogP contribution < -0.4 is 5.73 Å². The first kappa shape index (κ1) is 17.0. The average molecular weight is 336 g/mol. The van der Waals surface area contributed by atoms with Gasteiger partial charge in [0.2, 0.25) is 0 Å². The van der Waals surface area contributed by atoms with E-state index in [4.69, 9.17) is 5.73 Å². The molecule has 2 heterocycles. The quantitative estimate of drug-likeness (QED) is 0.724. The summed E-state index contributed by atoms with van der Waals surface area (Å²) < 4.78 is 2.22. The van der Waals surface area contributed by atoms with Gasteiger partial charge in [-0.1, -0.05) is 36.8 Å². The maximum Gasteiger partial charge on any atom is 0.251 e. The minimum atomic E-state index is -0.372. The lowest BCUT2D eigenvalue weighted by Crippen LogP contribution is -2.14. The zero-order valence-electron chi connectivity index (χ0n) is 15.0. The fraction of sp³-hybridized carbons (Fsp3) is 0.300. The first-order valence-corrected chi connectivity index (χ1v) is 8.59. The van der Waals surface area contributed by atoms with Crippen LogP contribution in [0.1, 0.15) is 39.9 Å². The van der Waals surface area contributed by atoms with Crippen LogP contribution in [0.25, 0.3) is 11.1 Å². The summed E-state index contributed by atoms with van der Waals surface area (Å²) in [7, 11) is 0. The first-order chi connectivity index (χ1) is 12.0. The first-order valence-electron chi connectivity index (χ1n) is 8.59. The number of amides is 1. The van der Waals surface area contributed by atoms with Gasteiger partial charge in [-0.05, 0) is 25.8 Å². The van der Waals surface area contributed by atoms with Crippen molar-refractivity contribution in [2.24, 2.45) is 5.73 Å². The van der Waals surface area contributed by atoms with E-state index < -0.39 is 0 Å². The minimum Gasteiger partial charge on any atom is -0.366 e. The number of nitrogens with two attached hydrogens (primary N) is 1. The number of carbonyl (C=O) groups excluding carboxylic acids is 1. The van der Waals surface area contributed by atoms with Crippen LogP contribution >= 0.6 is 0 Å². The van der Waals surface area contributed by atoms with Crippen molar-refractivity contribution < 1.29 is 4.79 Å². The number of rotatable bonds is 6. The van der Waals surface area contributed by atoms with Gasteiger partial charge in [0, 0.05) is 41.8 Å². The molecule has 2 aromatic heterocycles. The number of hydrogen-bond donors (Lipinski definition) is 2. The van der Waals surface area contributed by atoms with Gasteiger partial charge in [-0.2, -0.15) is 0 Å². The van der Waals surface area contributed by atoms with E-state index in [0.717, 1.165) is 47.6 Å². The van der Waals surface area contributed by atoms with E-state index in [2.05, 4.69) is 52.6 Å². The van der Waals surface area contributed by atoms with Crippen LogP contribution in [0.15, 0.2) is 36.8 Å². The smallest absolute Gasteiger partial charge is 0.251 e. The van der Waals surface area contributed by atoms with Gasteiger partial charge in [-0.3, -0.25) is 4.79 Å². The maximum atomic E-state index is 12.2. The third-order valence-corrected chi connectivity index (χ3v) is 4.71. The van der Waals surface area contributed by atoms with Crippen LogP contribution in [-0.4, -0.2) is 20.4 Å². The summed E-state index contributed by atoms with van der Waals surface area (Å²) in [5.41, 5.74) is 12.7. The molecule has 3 rings (SSSR count). The van der Waals surface area contributed by atoms with Crippen molar-refractivity contribution in [1.29, 1.82) is 0 Å². The lowest BCUT2D eigenvalue weighted by Gasteiger charge is -2.11. The highest BCUT2D eigenvalue weighted by Crippen LogP contribution is 2.33. The molecule has 0 fully saturated rings. The molecule has 0 aliphatic rings. The number of aryl methyl sites for hydroxylation is 2. The van der Waals surface area contributed by atoms with Gasteiger partial charge in [-0.25, -0.2) is 4.98 Å². The molecule has 1 amide bonds. The van der Waals surface area contributed by atoms with E-state index >= 15 is 0 Å². The zero-order valence-corrected chi connectivity index (χ0v) is 15.0. The highest BCUT2D eigenvalue weighted by Gasteiger charge is 2.23. The van der Waals surface area contributed by atoms with E-state index in [1.165, 1.54) is 5.56 Å². The van der Waals surface area contributed by atoms with Gasteiger partial charge in [-0.15, -0.1) is 0 Å². The average Bonchev–Trinajstić information content (AvgIpc) is 3.19. The third kappa shape index (κ3) is 3.22. The number of imidazole rings is 1. The monoisotopic (exact) mass is 336 g/mol. The summed E-state index contributed by atoms with van der Waals surface area (Å²) >= 11 is 0. The summed E-state index contributed by atoms with van der Waals surface area (Å²) in [6.07, 6.45) is 5.18. The lowest BCUT2D eigenvalue weighted by atomic mass is 9.98. The van der Waals surface area contributed by atoms with E-state index in [0.29, 0.717) is 5.56 Å². The second kappa shape index (κ2) is 6.97. The molecule has 3 N–H and O–H groups in total. The van der Waals surface area contributed by atoms with Crippen molar-refractivity contribution in [1.82, 2.24) is 14.5 Å². The normalized spacial score (nSPS) is 11.0. The van der Waals surface area contributed by atoms with Gasteiger partial charge >= 0.3 is 0 Å². The van der Waals surface area contributed by atoms with Crippen LogP contribution in [0, 0.1) is 13.8 Å². The van der Waals surface area contributed by atoms with Gasteiger partial charge in [0.15, 0.2) is 0 Å². The number of aromatic amines is 1. The Morgan fingerprint density at radius 3 is 2.52 bits per heavy atom. The number of carbonyl (C=O) groups is 1. The van der Waals surface area contributed by atoms with Gasteiger partial charge in [0.25, 0.3) is 5.91 Å². The Labute approximate surface area is 147 Å². The molecule has 0 atom stereocenters. The second-order valence-corrected chi connectivity index (χ2v) is 6.34. The predicted octanol–water partition coefficient (Wildman–Crippen LogP) is 3.40. The molecule has 0 bridgehead atoms. The number of benzene rings is 1. The molecule has 0 saturated carbocycles. The van der Waals surface area contributed by atoms with E-state index in [9.17, 15) is 4.79 Å². The molecule has 130 valence electrons. The van der Waals surface area contributed by atoms with Crippen LogP contribution in [0.5, 0.6) is 0 Å². The second-order valence-electron chi connectivity index (χ2n) is 6.34. The van der Waals surface area contributed by atoms with E-state index in [1.807, 2.05) is 13.1 Å². The van der Waals surface area contributed by atoms with Gasteiger partial charge in [0.1, 0.15) is 0 Å². The van der Waals surface area contributed by atoms with E-state index in [1.54, 1.807) is 6.33 Å². The highest BCUT2D eigenvalue weighted by atomic mass is 16.1. The molecule has 25 heavy (non-hydrogen) atoms. The molecular weight excluding hydrogens is 312 g/mol. The Morgan fingerprint density at radius 1 is 1.24 bits per heavy atom. The topological polar surface area (TPSA) is 76.7 Å². The Balaban J connectivity index is 2.10. The molecule has 5 heteroatoms. The van der Waals surface area contributed by atoms with Crippen LogP contribution in [-0.2, 0) is 19.4 Å². The Hall–Kier alpha value is -2.82. The number of aromatic nitrogens is 3. The highest BCUT2D eigenvalue weighted by molar-refractivity contribution is 6.02. The maximum absolute atomic E-state index is 12.2. The number of nitrogens with one attached hydrogen (secondary N) is 1. The molecule has 0 saturated heterocycles. The van der Waals surface area contributed by atoms with Crippen molar-refractivity contribution in [3.8, 4) is 11.1 Å². The SMILES string of the molecule is CCc1c(-c2ccc(C)cc2)c(C(N)=O)c(C)n1CCc1cnc[nH]1. The number of primary amides is 1. The Kier molecular flexibility index (Phi) is 4.74. The molecule has 0 spiro atoms. The molecule has 3 aromatic rings. The van der Waals surface area contributed by atoms with E-state index in [-0.39, 0.29) is 5.91 Å². The van der Waals surface area contributed by atoms with Crippen molar-refractivity contribution >= 4 is 5.91 Å². The van der Waals surface area contributed by atoms with Crippen molar-refractivity contribution in [2.75, 3.05) is 0 Å². The Morgan fingerprint density at radius 2 is 1.96 bits per heavy atom. The summed E-state index contributed by atoms with van der Waals surface area (Å²) in [4.78, 5) is 19.4. The lowest BCUT2D eigenvalue weighted by molar-refractivity contribution is 0.1000. The standard InChI is InChI=1S/C20H24N4O/c1-4-17-19(15-7-5-13(2)6-8-15)18(20(21)25)14(3)24(17)10-9-16-11-22-12-23-16/h5-8,11-12H,4,9-10H2,1-3H3,(H2,21,25)(H,22,23). The van der Waals surface area contributed by atoms with Crippen LogP contribution in [0.4, 0.5) is 0 Å². The number of nitrogens with zero attached hydrogens (tertiary/aromatic N) is 2. The van der Waals surface area contributed by atoms with Crippen molar-refractivity contribution in [3.63, 3.8) is 0 Å². The predicted molar refractivity (Wildman–Crippen MR) is 99.5 cm³/mol. The number of hydrogen-bond acceptors (Lipinski definition) is 2. The minimum absolute atomic E-state index is 0.372. The molecule has 5 nitrogen and oxygen atoms in total. The van der Waals surface area contributed by atoms with Gasteiger partial charge < -0.3 is 15.3 Å². The largest absolute Gasteiger partial charge is 0.366 e. The summed E-state index contributed by atoms with van der Waals surface area (Å²) in [5.74, 6) is -0.372. The Bertz CT molecular complexity index is 874.